The van der Waals surface area contributed by atoms with Crippen molar-refractivity contribution in [1.82, 2.24) is 9.88 Å². The Labute approximate surface area is 159 Å². The van der Waals surface area contributed by atoms with Gasteiger partial charge in [-0.1, -0.05) is 18.2 Å². The molecule has 0 spiro atoms. The molecule has 1 unspecified atom stereocenters. The maximum atomic E-state index is 13.0. The molecular formula is C22H25N3O2. The molecule has 5 heteroatoms. The maximum Gasteiger partial charge on any atom is 0.257 e. The highest BCUT2D eigenvalue weighted by Crippen LogP contribution is 2.31. The molecule has 1 aliphatic heterocycles. The van der Waals surface area contributed by atoms with Crippen LogP contribution in [0.3, 0.4) is 0 Å². The second-order valence-corrected chi connectivity index (χ2v) is 7.21. The smallest absolute Gasteiger partial charge is 0.257 e. The van der Waals surface area contributed by atoms with Crippen molar-refractivity contribution >= 4 is 22.7 Å². The molecule has 3 heterocycles. The van der Waals surface area contributed by atoms with Crippen LogP contribution in [0.5, 0.6) is 0 Å². The van der Waals surface area contributed by atoms with Crippen molar-refractivity contribution in [3.63, 3.8) is 0 Å². The minimum atomic E-state index is -0.0970. The van der Waals surface area contributed by atoms with E-state index in [2.05, 4.69) is 23.3 Å². The number of nitrogens with zero attached hydrogens (tertiary/aromatic N) is 2. The minimum absolute atomic E-state index is 0.0545. The fourth-order valence-electron chi connectivity index (χ4n) is 3.84. The van der Waals surface area contributed by atoms with Gasteiger partial charge < -0.3 is 14.6 Å². The number of pyridine rings is 1. The van der Waals surface area contributed by atoms with Crippen molar-refractivity contribution in [3.05, 3.63) is 59.5 Å². The van der Waals surface area contributed by atoms with Gasteiger partial charge in [-0.15, -0.1) is 0 Å². The van der Waals surface area contributed by atoms with Gasteiger partial charge in [0.2, 0.25) is 0 Å². The third-order valence-electron chi connectivity index (χ3n) is 5.31. The molecule has 0 saturated carbocycles. The average molecular weight is 363 g/mol. The van der Waals surface area contributed by atoms with Crippen LogP contribution < -0.4 is 5.32 Å². The number of piperidine rings is 1. The first-order valence-corrected chi connectivity index (χ1v) is 9.64. The summed E-state index contributed by atoms with van der Waals surface area (Å²) in [6.45, 7) is 5.75. The zero-order valence-corrected chi connectivity index (χ0v) is 15.9. The number of hydrogen-bond donors (Lipinski definition) is 1. The summed E-state index contributed by atoms with van der Waals surface area (Å²) in [5.41, 5.74) is 2.62. The van der Waals surface area contributed by atoms with Crippen molar-refractivity contribution < 1.29 is 9.21 Å². The van der Waals surface area contributed by atoms with Gasteiger partial charge in [-0.25, -0.2) is 4.98 Å². The highest BCUT2D eigenvalue weighted by Gasteiger charge is 2.23. The Hall–Kier alpha value is -2.82. The number of anilines is 1. The fourth-order valence-corrected chi connectivity index (χ4v) is 3.84. The number of carbonyl (C=O) groups excluding carboxylic acids is 1. The molecular weight excluding hydrogens is 338 g/mol. The molecule has 3 aromatic rings. The third-order valence-corrected chi connectivity index (χ3v) is 5.31. The molecule has 0 aliphatic carbocycles. The number of likely N-dealkylation sites (tertiary alicyclic amines) is 1. The van der Waals surface area contributed by atoms with Gasteiger partial charge in [0, 0.05) is 30.2 Å². The summed E-state index contributed by atoms with van der Waals surface area (Å²) in [5, 5.41) is 4.51. The Bertz CT molecular complexity index is 957. The van der Waals surface area contributed by atoms with Gasteiger partial charge in [-0.2, -0.15) is 0 Å². The van der Waals surface area contributed by atoms with Gasteiger partial charge in [0.25, 0.3) is 5.91 Å². The SMILES string of the molecule is Cc1c(C(C)Nc2ncccc2C(=O)N2CCCCC2)oc2ccccc12. The summed E-state index contributed by atoms with van der Waals surface area (Å²) in [7, 11) is 0. The monoisotopic (exact) mass is 363 g/mol. The summed E-state index contributed by atoms with van der Waals surface area (Å²) in [5.74, 6) is 1.54. The van der Waals surface area contributed by atoms with E-state index in [1.54, 1.807) is 6.20 Å². The third kappa shape index (κ3) is 3.42. The van der Waals surface area contributed by atoms with E-state index < -0.39 is 0 Å². The Balaban J connectivity index is 1.60. The van der Waals surface area contributed by atoms with E-state index in [0.29, 0.717) is 11.4 Å². The first-order valence-electron chi connectivity index (χ1n) is 9.64. The number of nitrogens with one attached hydrogen (secondary N) is 1. The van der Waals surface area contributed by atoms with Crippen LogP contribution in [0.4, 0.5) is 5.82 Å². The molecule has 1 saturated heterocycles. The molecule has 140 valence electrons. The van der Waals surface area contributed by atoms with E-state index >= 15 is 0 Å². The minimum Gasteiger partial charge on any atom is -0.459 e. The lowest BCUT2D eigenvalue weighted by Gasteiger charge is -2.27. The van der Waals surface area contributed by atoms with Crippen molar-refractivity contribution in [1.29, 1.82) is 0 Å². The maximum absolute atomic E-state index is 13.0. The number of amides is 1. The fraction of sp³-hybridized carbons (Fsp3) is 0.364. The number of para-hydroxylation sites is 1. The van der Waals surface area contributed by atoms with E-state index in [-0.39, 0.29) is 11.9 Å². The molecule has 2 aromatic heterocycles. The van der Waals surface area contributed by atoms with Gasteiger partial charge in [-0.05, 0) is 51.3 Å². The Morgan fingerprint density at radius 3 is 2.70 bits per heavy atom. The normalized spacial score (nSPS) is 15.7. The van der Waals surface area contributed by atoms with Crippen molar-refractivity contribution in [2.24, 2.45) is 0 Å². The van der Waals surface area contributed by atoms with E-state index in [9.17, 15) is 4.79 Å². The van der Waals surface area contributed by atoms with Crippen LogP contribution in [0.25, 0.3) is 11.0 Å². The van der Waals surface area contributed by atoms with Crippen LogP contribution in [0.15, 0.2) is 47.0 Å². The lowest BCUT2D eigenvalue weighted by Crippen LogP contribution is -2.36. The van der Waals surface area contributed by atoms with Crippen LogP contribution in [0.2, 0.25) is 0 Å². The molecule has 0 radical (unpaired) electrons. The molecule has 1 aromatic carbocycles. The van der Waals surface area contributed by atoms with Gasteiger partial charge in [-0.3, -0.25) is 4.79 Å². The predicted octanol–water partition coefficient (Wildman–Crippen LogP) is 4.94. The largest absolute Gasteiger partial charge is 0.459 e. The summed E-state index contributed by atoms with van der Waals surface area (Å²) in [6, 6.07) is 11.6. The summed E-state index contributed by atoms with van der Waals surface area (Å²) in [4.78, 5) is 19.3. The number of carbonyl (C=O) groups is 1. The zero-order valence-electron chi connectivity index (χ0n) is 15.9. The number of hydrogen-bond acceptors (Lipinski definition) is 4. The Morgan fingerprint density at radius 1 is 1.15 bits per heavy atom. The summed E-state index contributed by atoms with van der Waals surface area (Å²) < 4.78 is 6.06. The quantitative estimate of drug-likeness (QED) is 0.714. The van der Waals surface area contributed by atoms with Crippen molar-refractivity contribution in [2.75, 3.05) is 18.4 Å². The molecule has 4 rings (SSSR count). The second-order valence-electron chi connectivity index (χ2n) is 7.21. The van der Waals surface area contributed by atoms with E-state index in [4.69, 9.17) is 4.42 Å². The topological polar surface area (TPSA) is 58.4 Å². The summed E-state index contributed by atoms with van der Waals surface area (Å²) >= 11 is 0. The Kier molecular flexibility index (Phi) is 4.84. The number of aromatic nitrogens is 1. The first-order chi connectivity index (χ1) is 13.1. The van der Waals surface area contributed by atoms with E-state index in [0.717, 1.165) is 48.2 Å². The van der Waals surface area contributed by atoms with Gasteiger partial charge >= 0.3 is 0 Å². The molecule has 5 nitrogen and oxygen atoms in total. The first kappa shape index (κ1) is 17.6. The van der Waals surface area contributed by atoms with Gasteiger partial charge in [0.1, 0.15) is 17.2 Å². The highest BCUT2D eigenvalue weighted by atomic mass is 16.3. The number of benzene rings is 1. The zero-order chi connectivity index (χ0) is 18.8. The van der Waals surface area contributed by atoms with Crippen molar-refractivity contribution in [3.8, 4) is 0 Å². The molecule has 1 N–H and O–H groups in total. The molecule has 1 fully saturated rings. The van der Waals surface area contributed by atoms with Crippen LogP contribution in [0.1, 0.15) is 53.9 Å². The number of furan rings is 1. The average Bonchev–Trinajstić information content (AvgIpc) is 3.06. The molecule has 1 atom stereocenters. The number of rotatable bonds is 4. The number of aryl methyl sites for hydroxylation is 1. The van der Waals surface area contributed by atoms with E-state index in [1.807, 2.05) is 42.2 Å². The van der Waals surface area contributed by atoms with Gasteiger partial charge in [0.15, 0.2) is 0 Å². The van der Waals surface area contributed by atoms with Gasteiger partial charge in [0.05, 0.1) is 11.6 Å². The Morgan fingerprint density at radius 2 is 1.93 bits per heavy atom. The van der Waals surface area contributed by atoms with Crippen LogP contribution in [0, 0.1) is 6.92 Å². The van der Waals surface area contributed by atoms with Crippen LogP contribution >= 0.6 is 0 Å². The van der Waals surface area contributed by atoms with Crippen LogP contribution in [-0.2, 0) is 0 Å². The summed E-state index contributed by atoms with van der Waals surface area (Å²) in [6.07, 6.45) is 5.06. The lowest BCUT2D eigenvalue weighted by molar-refractivity contribution is 0.0725. The molecule has 0 bridgehead atoms. The van der Waals surface area contributed by atoms with E-state index in [1.165, 1.54) is 6.42 Å². The highest BCUT2D eigenvalue weighted by molar-refractivity contribution is 5.98. The second kappa shape index (κ2) is 7.43. The van der Waals surface area contributed by atoms with Crippen molar-refractivity contribution in [2.45, 2.75) is 39.2 Å². The molecule has 1 aliphatic rings. The molecule has 27 heavy (non-hydrogen) atoms. The molecule has 1 amide bonds. The lowest BCUT2D eigenvalue weighted by atomic mass is 10.1. The number of fused-ring (bicyclic) bond motifs is 1. The van der Waals surface area contributed by atoms with Crippen LogP contribution in [-0.4, -0.2) is 28.9 Å². The standard InChI is InChI=1S/C22H25N3O2/c1-15-17-9-4-5-11-19(17)27-20(15)16(2)24-21-18(10-8-12-23-21)22(26)25-13-6-3-7-14-25/h4-5,8-12,16H,3,6-7,13-14H2,1-2H3,(H,23,24). The predicted molar refractivity (Wildman–Crippen MR) is 107 cm³/mol.